The number of hydrogen-bond donors (Lipinski definition) is 1. The Morgan fingerprint density at radius 3 is 2.59 bits per heavy atom. The third kappa shape index (κ3) is 3.82. The highest BCUT2D eigenvalue weighted by molar-refractivity contribution is 9.10. The van der Waals surface area contributed by atoms with Crippen molar-refractivity contribution in [3.63, 3.8) is 0 Å². The van der Waals surface area contributed by atoms with Crippen LogP contribution in [0.25, 0.3) is 17.0 Å². The normalized spacial score (nSPS) is 17.8. The third-order valence-electron chi connectivity index (χ3n) is 5.94. The van der Waals surface area contributed by atoms with Gasteiger partial charge in [0.15, 0.2) is 11.6 Å². The molecule has 1 amide bonds. The van der Waals surface area contributed by atoms with Crippen molar-refractivity contribution in [1.29, 1.82) is 0 Å². The number of nitrogens with one attached hydrogen (secondary N) is 1. The Balaban J connectivity index is 1.46. The first-order chi connectivity index (χ1) is 15.5. The van der Waals surface area contributed by atoms with Crippen LogP contribution in [-0.2, 0) is 16.1 Å². The largest absolute Gasteiger partial charge is 0.376 e. The summed E-state index contributed by atoms with van der Waals surface area (Å²) in [4.78, 5) is 38.2. The van der Waals surface area contributed by atoms with Crippen LogP contribution in [-0.4, -0.2) is 41.3 Å². The fraction of sp³-hybridized carbons (Fsp3) is 0.240. The molecule has 1 aliphatic carbocycles. The second-order valence-electron chi connectivity index (χ2n) is 8.07. The zero-order valence-corrected chi connectivity index (χ0v) is 18.9. The smallest absolute Gasteiger partial charge is 0.240 e. The average Bonchev–Trinajstić information content (AvgIpc) is 3.48. The maximum absolute atomic E-state index is 12.8. The number of allylic oxidation sites excluding steroid dienone is 1. The molecule has 162 valence electrons. The summed E-state index contributed by atoms with van der Waals surface area (Å²) in [5, 5.41) is 3.80. The van der Waals surface area contributed by atoms with Crippen molar-refractivity contribution in [3.8, 4) is 0 Å². The molecule has 1 atom stereocenters. The second kappa shape index (κ2) is 8.48. The zero-order valence-electron chi connectivity index (χ0n) is 17.3. The molecule has 1 aliphatic heterocycles. The molecule has 2 heterocycles. The molecule has 32 heavy (non-hydrogen) atoms. The van der Waals surface area contributed by atoms with Gasteiger partial charge in [0.2, 0.25) is 5.91 Å². The van der Waals surface area contributed by atoms with Crippen molar-refractivity contribution in [1.82, 2.24) is 9.88 Å². The van der Waals surface area contributed by atoms with E-state index in [0.29, 0.717) is 17.7 Å². The number of aromatic nitrogens is 1. The van der Waals surface area contributed by atoms with Crippen LogP contribution >= 0.6 is 15.9 Å². The molecule has 5 rings (SSSR count). The molecule has 7 heteroatoms. The van der Waals surface area contributed by atoms with E-state index in [4.69, 9.17) is 4.74 Å². The summed E-state index contributed by atoms with van der Waals surface area (Å²) in [6, 6.07) is 12.6. The Morgan fingerprint density at radius 2 is 1.91 bits per heavy atom. The van der Waals surface area contributed by atoms with Gasteiger partial charge in [-0.1, -0.05) is 40.2 Å². The summed E-state index contributed by atoms with van der Waals surface area (Å²) >= 11 is 3.49. The zero-order chi connectivity index (χ0) is 22.2. The van der Waals surface area contributed by atoms with E-state index in [-0.39, 0.29) is 35.7 Å². The molecular formula is C25H21BrN2O4. The molecule has 1 saturated heterocycles. The van der Waals surface area contributed by atoms with Gasteiger partial charge in [-0.3, -0.25) is 14.4 Å². The topological polar surface area (TPSA) is 77.4 Å². The Hall–Kier alpha value is -3.03. The van der Waals surface area contributed by atoms with Crippen molar-refractivity contribution >= 4 is 50.4 Å². The van der Waals surface area contributed by atoms with E-state index >= 15 is 0 Å². The average molecular weight is 493 g/mol. The maximum atomic E-state index is 12.8. The van der Waals surface area contributed by atoms with Crippen LogP contribution in [0.15, 0.2) is 58.7 Å². The molecule has 0 saturated carbocycles. The lowest BCUT2D eigenvalue weighted by Gasteiger charge is -2.11. The van der Waals surface area contributed by atoms with Crippen molar-refractivity contribution in [2.75, 3.05) is 13.2 Å². The number of benzene rings is 2. The first-order valence-electron chi connectivity index (χ1n) is 10.6. The minimum atomic E-state index is -0.268. The summed E-state index contributed by atoms with van der Waals surface area (Å²) < 4.78 is 8.28. The van der Waals surface area contributed by atoms with Crippen LogP contribution in [0, 0.1) is 0 Å². The van der Waals surface area contributed by atoms with Crippen LogP contribution in [0.5, 0.6) is 0 Å². The molecule has 3 aromatic rings. The quantitative estimate of drug-likeness (QED) is 0.428. The minimum Gasteiger partial charge on any atom is -0.376 e. The van der Waals surface area contributed by atoms with E-state index in [9.17, 15) is 14.4 Å². The number of ether oxygens (including phenoxy) is 1. The number of rotatable bonds is 5. The molecule has 0 bridgehead atoms. The number of fused-ring (bicyclic) bond motifs is 2. The molecule has 0 radical (unpaired) electrons. The van der Waals surface area contributed by atoms with Gasteiger partial charge in [-0.15, -0.1) is 0 Å². The number of halogens is 1. The Bertz CT molecular complexity index is 1250. The number of hydrogen-bond acceptors (Lipinski definition) is 4. The van der Waals surface area contributed by atoms with E-state index in [1.807, 2.05) is 29.0 Å². The van der Waals surface area contributed by atoms with Gasteiger partial charge < -0.3 is 14.6 Å². The fourth-order valence-electron chi connectivity index (χ4n) is 4.35. The Labute approximate surface area is 193 Å². The molecule has 0 unspecified atom stereocenters. The lowest BCUT2D eigenvalue weighted by atomic mass is 10.1. The summed E-state index contributed by atoms with van der Waals surface area (Å²) in [5.41, 5.74) is 2.58. The number of carbonyl (C=O) groups is 3. The summed E-state index contributed by atoms with van der Waals surface area (Å²) in [7, 11) is 0. The summed E-state index contributed by atoms with van der Waals surface area (Å²) in [5.74, 6) is -0.647. The van der Waals surface area contributed by atoms with E-state index < -0.39 is 0 Å². The lowest BCUT2D eigenvalue weighted by molar-refractivity contribution is -0.122. The molecule has 0 spiro atoms. The molecule has 6 nitrogen and oxygen atoms in total. The summed E-state index contributed by atoms with van der Waals surface area (Å²) in [6.07, 6.45) is 5.53. The van der Waals surface area contributed by atoms with Crippen LogP contribution in [0.4, 0.5) is 0 Å². The van der Waals surface area contributed by atoms with E-state index in [1.54, 1.807) is 30.3 Å². The van der Waals surface area contributed by atoms with Gasteiger partial charge in [0.05, 0.1) is 11.7 Å². The van der Waals surface area contributed by atoms with Crippen LogP contribution < -0.4 is 5.32 Å². The Kier molecular flexibility index (Phi) is 5.53. The number of amides is 1. The van der Waals surface area contributed by atoms with Crippen molar-refractivity contribution in [2.24, 2.45) is 0 Å². The van der Waals surface area contributed by atoms with Gasteiger partial charge >= 0.3 is 0 Å². The first kappa shape index (κ1) is 20.8. The van der Waals surface area contributed by atoms with Crippen LogP contribution in [0.1, 0.15) is 39.1 Å². The first-order valence-corrected chi connectivity index (χ1v) is 11.4. The van der Waals surface area contributed by atoms with Crippen LogP contribution in [0.2, 0.25) is 0 Å². The number of ketones is 2. The van der Waals surface area contributed by atoms with Gasteiger partial charge in [0.25, 0.3) is 0 Å². The predicted octanol–water partition coefficient (Wildman–Crippen LogP) is 4.16. The van der Waals surface area contributed by atoms with Gasteiger partial charge in [-0.05, 0) is 37.1 Å². The van der Waals surface area contributed by atoms with Gasteiger partial charge in [0.1, 0.15) is 6.54 Å². The van der Waals surface area contributed by atoms with Gasteiger partial charge in [0, 0.05) is 51.4 Å². The minimum absolute atomic E-state index is 0.0811. The molecule has 2 aromatic carbocycles. The fourth-order valence-corrected chi connectivity index (χ4v) is 4.71. The molecule has 1 aromatic heterocycles. The lowest BCUT2D eigenvalue weighted by Crippen LogP contribution is -2.34. The van der Waals surface area contributed by atoms with Gasteiger partial charge in [-0.25, -0.2) is 0 Å². The molecule has 2 aliphatic rings. The van der Waals surface area contributed by atoms with E-state index in [1.165, 1.54) is 0 Å². The Morgan fingerprint density at radius 1 is 1.16 bits per heavy atom. The third-order valence-corrected chi connectivity index (χ3v) is 6.44. The predicted molar refractivity (Wildman–Crippen MR) is 125 cm³/mol. The second-order valence-corrected chi connectivity index (χ2v) is 8.99. The molecule has 1 fully saturated rings. The highest BCUT2D eigenvalue weighted by Crippen LogP contribution is 2.31. The standard InChI is InChI=1S/C25H21BrN2O4/c26-16-7-8-22-20(11-16)15(10-21-24(30)18-5-1-2-6-19(18)25(21)31)13-28(22)14-23(29)27-12-17-4-3-9-32-17/h1-2,5-8,10-11,13,17H,3-4,9,12,14H2,(H,27,29)/t17-/m0/s1. The van der Waals surface area contributed by atoms with Crippen molar-refractivity contribution in [2.45, 2.75) is 25.5 Å². The molecular weight excluding hydrogens is 472 g/mol. The van der Waals surface area contributed by atoms with Crippen LogP contribution in [0.3, 0.4) is 0 Å². The van der Waals surface area contributed by atoms with Crippen molar-refractivity contribution < 1.29 is 19.1 Å². The van der Waals surface area contributed by atoms with Gasteiger partial charge in [-0.2, -0.15) is 0 Å². The maximum Gasteiger partial charge on any atom is 0.240 e. The highest BCUT2D eigenvalue weighted by atomic mass is 79.9. The van der Waals surface area contributed by atoms with E-state index in [2.05, 4.69) is 21.2 Å². The molecule has 1 N–H and O–H groups in total. The monoisotopic (exact) mass is 492 g/mol. The van der Waals surface area contributed by atoms with E-state index in [0.717, 1.165) is 40.4 Å². The highest BCUT2D eigenvalue weighted by Gasteiger charge is 2.32. The summed E-state index contributed by atoms with van der Waals surface area (Å²) in [6.45, 7) is 1.38. The number of nitrogens with zero attached hydrogens (tertiary/aromatic N) is 1. The number of carbonyl (C=O) groups excluding carboxylic acids is 3. The van der Waals surface area contributed by atoms with Crippen molar-refractivity contribution in [3.05, 3.63) is 75.4 Å². The number of Topliss-reactive ketones (excluding diaryl/α,β-unsaturated/α-hetero) is 2. The SMILES string of the molecule is O=C(Cn1cc(C=C2C(=O)c3ccccc3C2=O)c2cc(Br)ccc21)NC[C@@H]1CCCO1.